The molecule has 1 spiro atoms. The minimum absolute atomic E-state index is 0.0187. The fraction of sp³-hybridized carbons (Fsp3) is 0.525. The number of nitrogens with zero attached hydrogens (tertiary/aromatic N) is 4. The lowest BCUT2D eigenvalue weighted by atomic mass is 9.68. The molecular weight excluding hydrogens is 746 g/mol. The summed E-state index contributed by atoms with van der Waals surface area (Å²) in [6.07, 6.45) is 9.24. The molecular formula is C40H50ClN5O8S. The highest BCUT2D eigenvalue weighted by atomic mass is 35.5. The zero-order chi connectivity index (χ0) is 38.9. The van der Waals surface area contributed by atoms with Crippen LogP contribution >= 0.6 is 11.6 Å². The first kappa shape index (κ1) is 39.3. The summed E-state index contributed by atoms with van der Waals surface area (Å²) < 4.78 is 41.1. The molecule has 0 saturated heterocycles. The SMILES string of the molecule is COc1nn(C)cc1C(=O)N[S@@]1(=O)=NC(=O)c2ccc3c(c2)N(C[C@@H]2CC[C@H]2[C@@H](OCC(O)CO)/C=C/C[C@H](C)C1)C[C@@]1(CCCc2cc(Cl)ccc21)CO3. The largest absolute Gasteiger partial charge is 0.490 e. The molecule has 1 unspecified atom stereocenters. The topological polar surface area (TPSA) is 165 Å². The van der Waals surface area contributed by atoms with Crippen molar-refractivity contribution in [3.05, 3.63) is 82.0 Å². The molecule has 3 N–H and O–H groups in total. The van der Waals surface area contributed by atoms with Gasteiger partial charge in [0.15, 0.2) is 0 Å². The molecule has 1 saturated carbocycles. The molecule has 3 heterocycles. The molecule has 3 aromatic rings. The Kier molecular flexibility index (Phi) is 11.6. The Labute approximate surface area is 327 Å². The number of benzene rings is 2. The first-order chi connectivity index (χ1) is 26.4. The third-order valence-electron chi connectivity index (χ3n) is 11.4. The smallest absolute Gasteiger partial charge is 0.286 e. The number of anilines is 1. The maximum Gasteiger partial charge on any atom is 0.286 e. The molecule has 296 valence electrons. The summed E-state index contributed by atoms with van der Waals surface area (Å²) in [6, 6.07) is 11.3. The van der Waals surface area contributed by atoms with Crippen molar-refractivity contribution in [2.45, 2.75) is 63.1 Å². The fourth-order valence-electron chi connectivity index (χ4n) is 8.54. The van der Waals surface area contributed by atoms with Crippen molar-refractivity contribution in [3.63, 3.8) is 0 Å². The van der Waals surface area contributed by atoms with Crippen molar-refractivity contribution in [2.24, 2.45) is 29.2 Å². The summed E-state index contributed by atoms with van der Waals surface area (Å²) in [5.74, 6) is -0.773. The molecule has 55 heavy (non-hydrogen) atoms. The lowest BCUT2D eigenvalue weighted by molar-refractivity contribution is -0.0585. The van der Waals surface area contributed by atoms with Gasteiger partial charge in [0.2, 0.25) is 5.88 Å². The third-order valence-corrected chi connectivity index (χ3v) is 13.6. The number of hydrogen-bond acceptors (Lipinski definition) is 10. The number of halogens is 1. The fourth-order valence-corrected chi connectivity index (χ4v) is 10.6. The van der Waals surface area contributed by atoms with Crippen LogP contribution in [-0.4, -0.2) is 94.0 Å². The first-order valence-electron chi connectivity index (χ1n) is 19.0. The summed E-state index contributed by atoms with van der Waals surface area (Å²) in [4.78, 5) is 30.0. The van der Waals surface area contributed by atoms with Crippen molar-refractivity contribution in [1.82, 2.24) is 14.5 Å². The summed E-state index contributed by atoms with van der Waals surface area (Å²) >= 11 is 6.47. The van der Waals surface area contributed by atoms with Gasteiger partial charge in [-0.05, 0) is 97.7 Å². The zero-order valence-electron chi connectivity index (χ0n) is 31.5. The number of methoxy groups -OCH3 is 1. The highest BCUT2D eigenvalue weighted by Gasteiger charge is 2.44. The van der Waals surface area contributed by atoms with E-state index in [1.165, 1.54) is 29.1 Å². The second kappa shape index (κ2) is 16.3. The van der Waals surface area contributed by atoms with E-state index in [-0.39, 0.29) is 58.6 Å². The number of carbonyl (C=O) groups excluding carboxylic acids is 2. The molecule has 4 aliphatic rings. The molecule has 2 amide bonds. The molecule has 7 rings (SSSR count). The van der Waals surface area contributed by atoms with E-state index >= 15 is 0 Å². The Hall–Kier alpha value is -3.95. The Morgan fingerprint density at radius 3 is 2.84 bits per heavy atom. The van der Waals surface area contributed by atoms with Crippen LogP contribution in [0.4, 0.5) is 5.69 Å². The van der Waals surface area contributed by atoms with Crippen LogP contribution in [0.3, 0.4) is 0 Å². The van der Waals surface area contributed by atoms with Gasteiger partial charge in [-0.25, -0.2) is 4.21 Å². The minimum Gasteiger partial charge on any atom is -0.490 e. The Morgan fingerprint density at radius 1 is 1.24 bits per heavy atom. The summed E-state index contributed by atoms with van der Waals surface area (Å²) in [5.41, 5.74) is 3.13. The third kappa shape index (κ3) is 8.43. The van der Waals surface area contributed by atoms with Gasteiger partial charge in [0.1, 0.15) is 27.3 Å². The highest BCUT2D eigenvalue weighted by molar-refractivity contribution is 7.92. The monoisotopic (exact) mass is 795 g/mol. The van der Waals surface area contributed by atoms with E-state index < -0.39 is 34.4 Å². The lowest BCUT2D eigenvalue weighted by Gasteiger charge is -2.46. The van der Waals surface area contributed by atoms with E-state index in [9.17, 15) is 24.0 Å². The van der Waals surface area contributed by atoms with Gasteiger partial charge < -0.3 is 29.3 Å². The number of aliphatic hydroxyl groups excluding tert-OH is 2. The average Bonchev–Trinajstić information content (AvgIpc) is 3.46. The van der Waals surface area contributed by atoms with Gasteiger partial charge in [0, 0.05) is 42.3 Å². The zero-order valence-corrected chi connectivity index (χ0v) is 33.1. The number of allylic oxidation sites excluding steroid dienone is 1. The molecule has 2 aliphatic carbocycles. The Bertz CT molecular complexity index is 2080. The standard InChI is InChI=1S/C40H50ClN5O8S/c1-25-6-4-8-35(53-21-30(48)20-47)31-12-9-28(31)18-46-23-40(15-5-7-26-16-29(41)11-13-33(26)40)24-54-36-14-10-27(17-34(36)46)37(49)43-55(51,22-25)44-38(50)32-19-45(2)42-39(32)52-3/h4,8,10-11,13-14,16-17,19,25,28,30-31,35,47-48H,5-7,9,12,15,18,20-24H2,1-3H3,(H,43,44,49,50,51)/b8-4+/t25-,28-,30?,31+,35-,40-,55-/m0/s1. The van der Waals surface area contributed by atoms with Gasteiger partial charge in [-0.15, -0.1) is 9.46 Å². The number of amides is 2. The van der Waals surface area contributed by atoms with Crippen LogP contribution in [0.15, 0.2) is 59.1 Å². The van der Waals surface area contributed by atoms with Crippen LogP contribution in [0.2, 0.25) is 5.02 Å². The summed E-state index contributed by atoms with van der Waals surface area (Å²) in [7, 11) is -0.652. The van der Waals surface area contributed by atoms with Gasteiger partial charge in [0.25, 0.3) is 11.8 Å². The number of fused-ring (bicyclic) bond motifs is 4. The van der Waals surface area contributed by atoms with E-state index in [4.69, 9.17) is 25.8 Å². The number of ether oxygens (including phenoxy) is 3. The summed E-state index contributed by atoms with van der Waals surface area (Å²) in [6.45, 7) is 3.19. The highest BCUT2D eigenvalue weighted by Crippen LogP contribution is 2.47. The Balaban J connectivity index is 1.30. The molecule has 2 aliphatic heterocycles. The van der Waals surface area contributed by atoms with Crippen molar-refractivity contribution in [2.75, 3.05) is 50.7 Å². The van der Waals surface area contributed by atoms with Gasteiger partial charge in [-0.1, -0.05) is 36.7 Å². The number of rotatable bonds is 7. The van der Waals surface area contributed by atoms with E-state index in [0.29, 0.717) is 36.9 Å². The minimum atomic E-state index is -3.67. The second-order valence-electron chi connectivity index (χ2n) is 15.6. The van der Waals surface area contributed by atoms with Crippen LogP contribution in [0.1, 0.15) is 70.9 Å². The molecule has 13 nitrogen and oxygen atoms in total. The quantitative estimate of drug-likeness (QED) is 0.281. The number of aliphatic hydroxyl groups is 2. The summed E-state index contributed by atoms with van der Waals surface area (Å²) in [5, 5.41) is 24.6. The van der Waals surface area contributed by atoms with Gasteiger partial charge in [-0.2, -0.15) is 0 Å². The predicted octanol–water partition coefficient (Wildman–Crippen LogP) is 4.87. The number of aryl methyl sites for hydroxylation is 2. The molecule has 0 radical (unpaired) electrons. The lowest BCUT2D eigenvalue weighted by Crippen LogP contribution is -2.50. The van der Waals surface area contributed by atoms with Crippen LogP contribution in [-0.2, 0) is 33.5 Å². The normalized spacial score (nSPS) is 29.1. The van der Waals surface area contributed by atoms with Crippen LogP contribution in [0.5, 0.6) is 11.6 Å². The van der Waals surface area contributed by atoms with E-state index in [1.54, 1.807) is 25.2 Å². The Morgan fingerprint density at radius 2 is 2.07 bits per heavy atom. The van der Waals surface area contributed by atoms with E-state index in [0.717, 1.165) is 37.8 Å². The van der Waals surface area contributed by atoms with Crippen molar-refractivity contribution in [1.29, 1.82) is 0 Å². The first-order valence-corrected chi connectivity index (χ1v) is 21.0. The maximum atomic E-state index is 14.7. The van der Waals surface area contributed by atoms with Crippen molar-refractivity contribution < 1.29 is 38.2 Å². The van der Waals surface area contributed by atoms with E-state index in [2.05, 4.69) is 31.2 Å². The number of aromatic nitrogens is 2. The number of hydrogen-bond donors (Lipinski definition) is 3. The van der Waals surface area contributed by atoms with Gasteiger partial charge >= 0.3 is 0 Å². The molecule has 2 aromatic carbocycles. The van der Waals surface area contributed by atoms with Crippen LogP contribution < -0.4 is 19.1 Å². The predicted molar refractivity (Wildman–Crippen MR) is 209 cm³/mol. The molecule has 1 aromatic heterocycles. The molecule has 1 fully saturated rings. The van der Waals surface area contributed by atoms with Crippen LogP contribution in [0, 0.1) is 17.8 Å². The van der Waals surface area contributed by atoms with Gasteiger partial charge in [0.05, 0.1) is 44.5 Å². The maximum absolute atomic E-state index is 14.7. The van der Waals surface area contributed by atoms with E-state index in [1.807, 2.05) is 25.1 Å². The van der Waals surface area contributed by atoms with Crippen LogP contribution in [0.25, 0.3) is 0 Å². The average molecular weight is 796 g/mol. The van der Waals surface area contributed by atoms with Crippen molar-refractivity contribution in [3.8, 4) is 11.6 Å². The molecule has 7 atom stereocenters. The second-order valence-corrected chi connectivity index (χ2v) is 18.0. The van der Waals surface area contributed by atoms with Gasteiger partial charge in [-0.3, -0.25) is 19.0 Å². The number of nitrogens with one attached hydrogen (secondary N) is 1. The molecule has 15 heteroatoms. The molecule has 2 bridgehead atoms. The van der Waals surface area contributed by atoms with Crippen molar-refractivity contribution >= 4 is 39.0 Å². The number of carbonyl (C=O) groups is 2.